The van der Waals surface area contributed by atoms with Crippen LogP contribution < -0.4 is 5.32 Å². The molecule has 0 aliphatic rings. The van der Waals surface area contributed by atoms with Crippen LogP contribution in [0.5, 0.6) is 0 Å². The molecule has 3 rings (SSSR count). The van der Waals surface area contributed by atoms with Gasteiger partial charge < -0.3 is 14.2 Å². The third-order valence-corrected chi connectivity index (χ3v) is 5.01. The molecule has 0 aliphatic heterocycles. The third-order valence-electron chi connectivity index (χ3n) is 5.01. The molecule has 0 spiro atoms. The van der Waals surface area contributed by atoms with Crippen LogP contribution in [0.4, 0.5) is 13.2 Å². The minimum Gasteiger partial charge on any atom is -0.467 e. The summed E-state index contributed by atoms with van der Waals surface area (Å²) in [5.74, 6) is 0.594. The van der Waals surface area contributed by atoms with Crippen LogP contribution in [0.25, 0.3) is 0 Å². The van der Waals surface area contributed by atoms with Crippen LogP contribution in [-0.2, 0) is 25.8 Å². The van der Waals surface area contributed by atoms with Gasteiger partial charge in [-0.25, -0.2) is 4.98 Å². The number of oxazole rings is 1. The van der Waals surface area contributed by atoms with E-state index in [9.17, 15) is 18.0 Å². The number of alkyl halides is 3. The molecule has 0 saturated carbocycles. The van der Waals surface area contributed by atoms with Crippen molar-refractivity contribution in [2.24, 2.45) is 0 Å². The second-order valence-corrected chi connectivity index (χ2v) is 7.25. The molecule has 1 amide bonds. The fourth-order valence-corrected chi connectivity index (χ4v) is 2.99. The number of carbonyl (C=O) groups is 1. The first-order chi connectivity index (χ1) is 14.8. The summed E-state index contributed by atoms with van der Waals surface area (Å²) >= 11 is 0. The fourth-order valence-electron chi connectivity index (χ4n) is 2.99. The van der Waals surface area contributed by atoms with Gasteiger partial charge in [-0.1, -0.05) is 19.1 Å². The van der Waals surface area contributed by atoms with Gasteiger partial charge in [0.2, 0.25) is 5.89 Å². The van der Waals surface area contributed by atoms with Crippen LogP contribution in [0.15, 0.2) is 57.8 Å². The van der Waals surface area contributed by atoms with Crippen LogP contribution >= 0.6 is 0 Å². The van der Waals surface area contributed by atoms with Gasteiger partial charge in [0, 0.05) is 12.6 Å². The Hall–Kier alpha value is -3.07. The van der Waals surface area contributed by atoms with Crippen molar-refractivity contribution in [3.63, 3.8) is 0 Å². The molecule has 2 heterocycles. The largest absolute Gasteiger partial charge is 0.467 e. The first-order valence-electron chi connectivity index (χ1n) is 9.91. The summed E-state index contributed by atoms with van der Waals surface area (Å²) in [6.07, 6.45) is -0.714. The van der Waals surface area contributed by atoms with E-state index in [1.807, 2.05) is 18.7 Å². The molecular weight excluding hydrogens is 411 g/mol. The fraction of sp³-hybridized carbons (Fsp3) is 0.364. The zero-order valence-corrected chi connectivity index (χ0v) is 17.3. The monoisotopic (exact) mass is 435 g/mol. The minimum atomic E-state index is -4.36. The number of hydrogen-bond donors (Lipinski definition) is 1. The van der Waals surface area contributed by atoms with E-state index in [1.165, 1.54) is 24.7 Å². The SMILES string of the molecule is CCC(C)N(Cc1ccc(C(F)(F)F)cc1)Cc1nc(C(=O)NCc2ccco2)co1. The molecule has 3 aromatic rings. The van der Waals surface area contributed by atoms with Crippen molar-refractivity contribution >= 4 is 5.91 Å². The lowest BCUT2D eigenvalue weighted by Crippen LogP contribution is -2.32. The predicted molar refractivity (Wildman–Crippen MR) is 107 cm³/mol. The lowest BCUT2D eigenvalue weighted by atomic mass is 10.1. The second kappa shape index (κ2) is 9.82. The number of nitrogens with one attached hydrogen (secondary N) is 1. The first-order valence-corrected chi connectivity index (χ1v) is 9.91. The molecule has 2 aromatic heterocycles. The Kier molecular flexibility index (Phi) is 7.17. The van der Waals surface area contributed by atoms with Crippen LogP contribution in [0, 0.1) is 0 Å². The van der Waals surface area contributed by atoms with E-state index in [0.717, 1.165) is 24.1 Å². The number of aromatic nitrogens is 1. The standard InChI is InChI=1S/C22H24F3N3O3/c1-3-15(2)28(12-16-6-8-17(9-7-16)22(23,24)25)13-20-27-19(14-31-20)21(29)26-11-18-5-4-10-30-18/h4-10,14-15H,3,11-13H2,1-2H3,(H,26,29). The normalized spacial score (nSPS) is 12.8. The summed E-state index contributed by atoms with van der Waals surface area (Å²) < 4.78 is 49.0. The Labute approximate surface area is 178 Å². The molecule has 1 atom stereocenters. The molecule has 0 radical (unpaired) electrons. The molecule has 0 aliphatic carbocycles. The Bertz CT molecular complexity index is 966. The van der Waals surface area contributed by atoms with E-state index in [2.05, 4.69) is 10.3 Å². The number of carbonyl (C=O) groups excluding carboxylic acids is 1. The van der Waals surface area contributed by atoms with Gasteiger partial charge in [0.05, 0.1) is 24.9 Å². The van der Waals surface area contributed by atoms with Gasteiger partial charge in [-0.2, -0.15) is 13.2 Å². The third kappa shape index (κ3) is 6.21. The smallest absolute Gasteiger partial charge is 0.416 e. The Morgan fingerprint density at radius 1 is 1.16 bits per heavy atom. The van der Waals surface area contributed by atoms with Gasteiger partial charge >= 0.3 is 6.18 Å². The summed E-state index contributed by atoms with van der Waals surface area (Å²) in [6.45, 7) is 5.02. The molecule has 0 fully saturated rings. The van der Waals surface area contributed by atoms with E-state index >= 15 is 0 Å². The summed E-state index contributed by atoms with van der Waals surface area (Å²) in [5, 5.41) is 2.70. The van der Waals surface area contributed by atoms with Crippen molar-refractivity contribution in [1.82, 2.24) is 15.2 Å². The number of benzene rings is 1. The van der Waals surface area contributed by atoms with Gasteiger partial charge in [0.1, 0.15) is 12.0 Å². The van der Waals surface area contributed by atoms with Crippen LogP contribution in [0.2, 0.25) is 0 Å². The van der Waals surface area contributed by atoms with Crippen LogP contribution in [0.1, 0.15) is 53.5 Å². The van der Waals surface area contributed by atoms with Crippen molar-refractivity contribution in [3.8, 4) is 0 Å². The quantitative estimate of drug-likeness (QED) is 0.511. The Morgan fingerprint density at radius 2 is 1.90 bits per heavy atom. The van der Waals surface area contributed by atoms with Crippen LogP contribution in [0.3, 0.4) is 0 Å². The highest BCUT2D eigenvalue weighted by molar-refractivity contribution is 5.91. The van der Waals surface area contributed by atoms with E-state index in [1.54, 1.807) is 12.1 Å². The Balaban J connectivity index is 1.64. The molecule has 6 nitrogen and oxygen atoms in total. The molecule has 1 aromatic carbocycles. The average molecular weight is 435 g/mol. The van der Waals surface area contributed by atoms with E-state index in [4.69, 9.17) is 8.83 Å². The lowest BCUT2D eigenvalue weighted by Gasteiger charge is -2.27. The maximum Gasteiger partial charge on any atom is 0.416 e. The highest BCUT2D eigenvalue weighted by Crippen LogP contribution is 2.29. The van der Waals surface area contributed by atoms with Gasteiger partial charge in [-0.3, -0.25) is 9.69 Å². The highest BCUT2D eigenvalue weighted by atomic mass is 19.4. The molecule has 166 valence electrons. The van der Waals surface area contributed by atoms with Gasteiger partial charge in [-0.05, 0) is 43.2 Å². The lowest BCUT2D eigenvalue weighted by molar-refractivity contribution is -0.137. The summed E-state index contributed by atoms with van der Waals surface area (Å²) in [5.41, 5.74) is 0.223. The molecule has 1 unspecified atom stereocenters. The summed E-state index contributed by atoms with van der Waals surface area (Å²) in [6, 6.07) is 8.72. The number of amides is 1. The van der Waals surface area contributed by atoms with Gasteiger partial charge in [0.25, 0.3) is 5.91 Å². The molecule has 9 heteroatoms. The molecular formula is C22H24F3N3O3. The molecule has 0 saturated heterocycles. The van der Waals surface area contributed by atoms with Gasteiger partial charge in [0.15, 0.2) is 5.69 Å². The van der Waals surface area contributed by atoms with Crippen molar-refractivity contribution in [3.05, 3.63) is 77.4 Å². The minimum absolute atomic E-state index is 0.130. The molecule has 1 N–H and O–H groups in total. The Morgan fingerprint density at radius 3 is 2.52 bits per heavy atom. The van der Waals surface area contributed by atoms with Crippen molar-refractivity contribution in [2.75, 3.05) is 0 Å². The maximum atomic E-state index is 12.8. The predicted octanol–water partition coefficient (Wildman–Crippen LogP) is 5.02. The number of furan rings is 1. The topological polar surface area (TPSA) is 71.5 Å². The molecule has 31 heavy (non-hydrogen) atoms. The number of hydrogen-bond acceptors (Lipinski definition) is 5. The average Bonchev–Trinajstić information content (AvgIpc) is 3.43. The van der Waals surface area contributed by atoms with E-state index in [0.29, 0.717) is 24.7 Å². The summed E-state index contributed by atoms with van der Waals surface area (Å²) in [4.78, 5) is 18.5. The second-order valence-electron chi connectivity index (χ2n) is 7.25. The highest BCUT2D eigenvalue weighted by Gasteiger charge is 2.30. The van der Waals surface area contributed by atoms with Crippen molar-refractivity contribution < 1.29 is 26.8 Å². The molecule has 0 bridgehead atoms. The summed E-state index contributed by atoms with van der Waals surface area (Å²) in [7, 11) is 0. The van der Waals surface area contributed by atoms with Crippen molar-refractivity contribution in [2.45, 2.75) is 52.1 Å². The van der Waals surface area contributed by atoms with Crippen LogP contribution in [-0.4, -0.2) is 21.8 Å². The van der Waals surface area contributed by atoms with E-state index in [-0.39, 0.29) is 24.2 Å². The van der Waals surface area contributed by atoms with E-state index < -0.39 is 11.7 Å². The zero-order valence-electron chi connectivity index (χ0n) is 17.3. The number of nitrogens with zero attached hydrogens (tertiary/aromatic N) is 2. The number of halogens is 3. The maximum absolute atomic E-state index is 12.8. The number of rotatable bonds is 9. The first kappa shape index (κ1) is 22.6. The zero-order chi connectivity index (χ0) is 22.4. The van der Waals surface area contributed by atoms with Gasteiger partial charge in [-0.15, -0.1) is 0 Å². The van der Waals surface area contributed by atoms with Crippen molar-refractivity contribution in [1.29, 1.82) is 0 Å².